The van der Waals surface area contributed by atoms with Crippen molar-refractivity contribution in [2.24, 2.45) is 18.4 Å². The lowest BCUT2D eigenvalue weighted by atomic mass is 9.81. The highest BCUT2D eigenvalue weighted by molar-refractivity contribution is 8.22. The van der Waals surface area contributed by atoms with Gasteiger partial charge in [-0.25, -0.2) is 0 Å². The Morgan fingerprint density at radius 3 is 2.63 bits per heavy atom. The molecular formula is C28H38N4O5S. The predicted molar refractivity (Wildman–Crippen MR) is 147 cm³/mol. The third-order valence-corrected chi connectivity index (χ3v) is 9.44. The highest BCUT2D eigenvalue weighted by Gasteiger charge is 2.40. The van der Waals surface area contributed by atoms with Crippen molar-refractivity contribution in [3.8, 4) is 0 Å². The molecule has 1 aliphatic rings. The summed E-state index contributed by atoms with van der Waals surface area (Å²) in [5.74, 6) is -0.699. The number of aryl methyl sites for hydroxylation is 2. The van der Waals surface area contributed by atoms with Gasteiger partial charge < -0.3 is 9.84 Å². The lowest BCUT2D eigenvalue weighted by Crippen LogP contribution is -2.33. The van der Waals surface area contributed by atoms with E-state index in [4.69, 9.17) is 4.74 Å². The van der Waals surface area contributed by atoms with Crippen molar-refractivity contribution in [1.82, 2.24) is 19.3 Å². The zero-order valence-electron chi connectivity index (χ0n) is 22.7. The van der Waals surface area contributed by atoms with Crippen LogP contribution in [0.1, 0.15) is 61.2 Å². The normalized spacial score (nSPS) is 19.4. The van der Waals surface area contributed by atoms with E-state index in [2.05, 4.69) is 17.2 Å². The van der Waals surface area contributed by atoms with Crippen molar-refractivity contribution in [3.05, 3.63) is 76.6 Å². The van der Waals surface area contributed by atoms with Crippen molar-refractivity contribution in [3.63, 3.8) is 0 Å². The molecule has 10 heteroatoms. The van der Waals surface area contributed by atoms with Crippen LogP contribution in [0.2, 0.25) is 0 Å². The average molecular weight is 543 g/mol. The quantitative estimate of drug-likeness (QED) is 0.319. The zero-order chi connectivity index (χ0) is 27.7. The third-order valence-electron chi connectivity index (χ3n) is 7.45. The van der Waals surface area contributed by atoms with Gasteiger partial charge in [-0.05, 0) is 61.4 Å². The number of aromatic nitrogens is 3. The molecule has 9 nitrogen and oxygen atoms in total. The van der Waals surface area contributed by atoms with Gasteiger partial charge in [-0.15, -0.1) is 15.9 Å². The van der Waals surface area contributed by atoms with E-state index in [0.717, 1.165) is 29.5 Å². The summed E-state index contributed by atoms with van der Waals surface area (Å²) < 4.78 is 32.5. The van der Waals surface area contributed by atoms with E-state index in [-0.39, 0.29) is 12.5 Å². The Kier molecular flexibility index (Phi) is 8.29. The first-order valence-corrected chi connectivity index (χ1v) is 14.3. The largest absolute Gasteiger partial charge is 0.481 e. The number of rotatable bonds is 9. The Balaban J connectivity index is 1.68. The maximum absolute atomic E-state index is 12.2. The fraction of sp³-hybridized carbons (Fsp3) is 0.464. The Bertz CT molecular complexity index is 1290. The third kappa shape index (κ3) is 5.79. The molecule has 38 heavy (non-hydrogen) atoms. The number of carbonyl (C=O) groups is 1. The maximum atomic E-state index is 12.2. The number of fused-ring (bicyclic) bond motifs is 1. The molecule has 0 bridgehead atoms. The summed E-state index contributed by atoms with van der Waals surface area (Å²) in [6.45, 7) is 8.36. The van der Waals surface area contributed by atoms with Crippen LogP contribution in [0.3, 0.4) is 0 Å². The van der Waals surface area contributed by atoms with Gasteiger partial charge >= 0.3 is 5.97 Å². The highest BCUT2D eigenvalue weighted by Crippen LogP contribution is 2.56. The van der Waals surface area contributed by atoms with Crippen LogP contribution >= 0.6 is 10.8 Å². The van der Waals surface area contributed by atoms with Crippen molar-refractivity contribution in [2.45, 2.75) is 64.7 Å². The number of aliphatic carboxylic acids is 1. The van der Waals surface area contributed by atoms with Crippen LogP contribution in [-0.4, -0.2) is 46.0 Å². The van der Waals surface area contributed by atoms with Crippen LogP contribution in [0, 0.1) is 18.3 Å². The van der Waals surface area contributed by atoms with Gasteiger partial charge in [0.2, 0.25) is 0 Å². The Morgan fingerprint density at radius 2 is 1.97 bits per heavy atom. The standard InChI is InChI=1S/C28H38N4O5S/c1-6-20-13-21-9-7-8-10-25(21)38(35,36)32(15-20)16-23-14-22(12-11-19(23)2)26(28(3,4)27(33)34)37-18-24-17-31(5)30-29-24/h7-12,14,17,20,26,35-36H,6,13,15-16,18H2,1-5H3,(H,33,34)/t20-,26+/m0/s1. The van der Waals surface area contributed by atoms with E-state index >= 15 is 0 Å². The van der Waals surface area contributed by atoms with Crippen LogP contribution in [0.5, 0.6) is 0 Å². The van der Waals surface area contributed by atoms with Crippen LogP contribution in [-0.2, 0) is 36.2 Å². The fourth-order valence-electron chi connectivity index (χ4n) is 4.95. The second-order valence-electron chi connectivity index (χ2n) is 10.7. The molecule has 3 N–H and O–H groups in total. The molecule has 3 aromatic rings. The zero-order valence-corrected chi connectivity index (χ0v) is 23.5. The minimum absolute atomic E-state index is 0.111. The summed E-state index contributed by atoms with van der Waals surface area (Å²) in [6, 6.07) is 13.3. The second kappa shape index (κ2) is 11.2. The molecule has 2 heterocycles. The summed E-state index contributed by atoms with van der Waals surface area (Å²) in [5, 5.41) is 18.0. The van der Waals surface area contributed by atoms with Crippen molar-refractivity contribution < 1.29 is 23.7 Å². The molecule has 0 saturated carbocycles. The highest BCUT2D eigenvalue weighted by atomic mass is 32.3. The van der Waals surface area contributed by atoms with E-state index in [1.807, 2.05) is 49.4 Å². The first kappa shape index (κ1) is 28.3. The van der Waals surface area contributed by atoms with Gasteiger partial charge in [-0.3, -0.25) is 18.6 Å². The Labute approximate surface area is 225 Å². The van der Waals surface area contributed by atoms with E-state index in [1.54, 1.807) is 36.1 Å². The van der Waals surface area contributed by atoms with Gasteiger partial charge in [0, 0.05) is 20.1 Å². The molecule has 0 spiro atoms. The lowest BCUT2D eigenvalue weighted by Gasteiger charge is -2.43. The van der Waals surface area contributed by atoms with E-state index in [9.17, 15) is 19.0 Å². The van der Waals surface area contributed by atoms with E-state index in [0.29, 0.717) is 29.2 Å². The number of benzene rings is 2. The number of nitrogens with zero attached hydrogens (tertiary/aromatic N) is 4. The molecular weight excluding hydrogens is 504 g/mol. The van der Waals surface area contributed by atoms with Gasteiger partial charge in [0.05, 0.1) is 29.2 Å². The molecule has 2 aromatic carbocycles. The van der Waals surface area contributed by atoms with Crippen LogP contribution in [0.4, 0.5) is 0 Å². The molecule has 0 saturated heterocycles. The maximum Gasteiger partial charge on any atom is 0.312 e. The minimum Gasteiger partial charge on any atom is -0.481 e. The summed E-state index contributed by atoms with van der Waals surface area (Å²) in [6.07, 6.45) is 2.68. The number of carboxylic acid groups (broad SMARTS) is 1. The Morgan fingerprint density at radius 1 is 1.24 bits per heavy atom. The van der Waals surface area contributed by atoms with Crippen LogP contribution in [0.15, 0.2) is 53.6 Å². The monoisotopic (exact) mass is 542 g/mol. The van der Waals surface area contributed by atoms with Gasteiger partial charge in [0.1, 0.15) is 5.69 Å². The van der Waals surface area contributed by atoms with Crippen LogP contribution < -0.4 is 0 Å². The molecule has 1 aromatic heterocycles. The van der Waals surface area contributed by atoms with Gasteiger partial charge in [-0.1, -0.05) is 55.0 Å². The molecule has 1 aliphatic heterocycles. The van der Waals surface area contributed by atoms with Gasteiger partial charge in [0.25, 0.3) is 0 Å². The number of carboxylic acids is 1. The van der Waals surface area contributed by atoms with Gasteiger partial charge in [0.15, 0.2) is 0 Å². The molecule has 0 aliphatic carbocycles. The van der Waals surface area contributed by atoms with Crippen LogP contribution in [0.25, 0.3) is 0 Å². The summed E-state index contributed by atoms with van der Waals surface area (Å²) in [4.78, 5) is 12.8. The van der Waals surface area contributed by atoms with Crippen molar-refractivity contribution in [1.29, 1.82) is 0 Å². The summed E-state index contributed by atoms with van der Waals surface area (Å²) in [5.41, 5.74) is 2.94. The SMILES string of the molecule is CC[C@H]1Cc2ccccc2S(O)(O)N(Cc2cc([C@@H](OCc3cn(C)nn3)C(C)(C)C(=O)O)ccc2C)C1. The number of hydrogen-bond donors (Lipinski definition) is 3. The molecule has 0 radical (unpaired) electrons. The Hall–Kier alpha value is -2.76. The number of hydrogen-bond acceptors (Lipinski definition) is 7. The number of ether oxygens (including phenoxy) is 1. The smallest absolute Gasteiger partial charge is 0.312 e. The average Bonchev–Trinajstić information content (AvgIpc) is 3.25. The summed E-state index contributed by atoms with van der Waals surface area (Å²) >= 11 is 0. The molecule has 0 amide bonds. The van der Waals surface area contributed by atoms with Crippen molar-refractivity contribution in [2.75, 3.05) is 6.54 Å². The first-order chi connectivity index (χ1) is 17.9. The molecule has 2 atom stereocenters. The van der Waals surface area contributed by atoms with Gasteiger partial charge in [-0.2, -0.15) is 4.31 Å². The first-order valence-electron chi connectivity index (χ1n) is 12.8. The molecule has 0 fully saturated rings. The second-order valence-corrected chi connectivity index (χ2v) is 12.7. The molecule has 0 unspecified atom stereocenters. The fourth-order valence-corrected chi connectivity index (χ4v) is 6.73. The lowest BCUT2D eigenvalue weighted by molar-refractivity contribution is -0.158. The van der Waals surface area contributed by atoms with Crippen molar-refractivity contribution >= 4 is 16.7 Å². The predicted octanol–water partition coefficient (Wildman–Crippen LogP) is 5.60. The molecule has 4 rings (SSSR count). The van der Waals surface area contributed by atoms with E-state index < -0.39 is 28.3 Å². The summed E-state index contributed by atoms with van der Waals surface area (Å²) in [7, 11) is -1.45. The minimum atomic E-state index is -3.21. The molecule has 206 valence electrons. The van der Waals surface area contributed by atoms with E-state index in [1.165, 1.54) is 0 Å². The topological polar surface area (TPSA) is 121 Å².